The average molecular weight is 214 g/mol. The summed E-state index contributed by atoms with van der Waals surface area (Å²) in [5.41, 5.74) is -0.0570. The number of rotatable bonds is 3. The van der Waals surface area contributed by atoms with E-state index in [1.807, 2.05) is 19.0 Å². The van der Waals surface area contributed by atoms with E-state index in [-0.39, 0.29) is 30.1 Å². The maximum Gasteiger partial charge on any atom is 0.178 e. The van der Waals surface area contributed by atoms with Crippen LogP contribution in [-0.4, -0.2) is 55.6 Å². The number of hydrogen-bond donors (Lipinski definition) is 1. The number of nitrogens with one attached hydrogen (secondary N) is 1. The van der Waals surface area contributed by atoms with E-state index in [0.29, 0.717) is 0 Å². The lowest BCUT2D eigenvalue weighted by molar-refractivity contribution is -0.119. The van der Waals surface area contributed by atoms with Gasteiger partial charge in [-0.05, 0) is 34.9 Å². The first kappa shape index (κ1) is 12.6. The van der Waals surface area contributed by atoms with Crippen molar-refractivity contribution >= 4 is 5.78 Å². The Morgan fingerprint density at radius 1 is 1.47 bits per heavy atom. The fourth-order valence-electron chi connectivity index (χ4n) is 1.74. The Morgan fingerprint density at radius 3 is 2.53 bits per heavy atom. The summed E-state index contributed by atoms with van der Waals surface area (Å²) in [6.07, 6.45) is -0.0216. The van der Waals surface area contributed by atoms with Crippen molar-refractivity contribution in [3.05, 3.63) is 0 Å². The number of carbonyl (C=O) groups excluding carboxylic acids is 1. The van der Waals surface area contributed by atoms with Gasteiger partial charge in [-0.25, -0.2) is 0 Å². The minimum absolute atomic E-state index is 0.0216. The van der Waals surface area contributed by atoms with Crippen LogP contribution in [0, 0.1) is 0 Å². The first-order valence-corrected chi connectivity index (χ1v) is 5.36. The number of ketones is 1. The van der Waals surface area contributed by atoms with Crippen molar-refractivity contribution in [2.45, 2.75) is 38.5 Å². The Kier molecular flexibility index (Phi) is 3.87. The predicted molar refractivity (Wildman–Crippen MR) is 60.0 cm³/mol. The Labute approximate surface area is 92.0 Å². The molecule has 2 atom stereocenters. The van der Waals surface area contributed by atoms with Gasteiger partial charge in [0.25, 0.3) is 0 Å². The average Bonchev–Trinajstić information content (AvgIpc) is 2.32. The van der Waals surface area contributed by atoms with Gasteiger partial charge in [0.1, 0.15) is 6.61 Å². The van der Waals surface area contributed by atoms with Crippen molar-refractivity contribution in [1.29, 1.82) is 0 Å². The van der Waals surface area contributed by atoms with Crippen LogP contribution in [0.2, 0.25) is 0 Å². The molecular formula is C11H22N2O2. The predicted octanol–water partition coefficient (Wildman–Crippen LogP) is 0.273. The number of nitrogens with zero attached hydrogens (tertiary/aromatic N) is 1. The highest BCUT2D eigenvalue weighted by Crippen LogP contribution is 2.14. The van der Waals surface area contributed by atoms with Gasteiger partial charge in [-0.2, -0.15) is 0 Å². The highest BCUT2D eigenvalue weighted by atomic mass is 16.5. The van der Waals surface area contributed by atoms with E-state index < -0.39 is 0 Å². The van der Waals surface area contributed by atoms with E-state index in [0.717, 1.165) is 6.54 Å². The maximum atomic E-state index is 11.6. The molecule has 1 rings (SSSR count). The van der Waals surface area contributed by atoms with Crippen LogP contribution in [0.3, 0.4) is 0 Å². The van der Waals surface area contributed by atoms with Crippen LogP contribution in [0.5, 0.6) is 0 Å². The first-order valence-electron chi connectivity index (χ1n) is 5.36. The minimum Gasteiger partial charge on any atom is -0.367 e. The van der Waals surface area contributed by atoms with Crippen molar-refractivity contribution in [2.24, 2.45) is 0 Å². The molecular weight excluding hydrogens is 192 g/mol. The molecule has 2 unspecified atom stereocenters. The van der Waals surface area contributed by atoms with Crippen molar-refractivity contribution in [3.8, 4) is 0 Å². The van der Waals surface area contributed by atoms with Crippen LogP contribution in [0.15, 0.2) is 0 Å². The van der Waals surface area contributed by atoms with E-state index in [1.54, 1.807) is 0 Å². The second-order valence-corrected chi connectivity index (χ2v) is 5.45. The van der Waals surface area contributed by atoms with Crippen molar-refractivity contribution in [2.75, 3.05) is 27.2 Å². The number of likely N-dealkylation sites (N-methyl/N-ethyl adjacent to an activating group) is 1. The van der Waals surface area contributed by atoms with Gasteiger partial charge in [-0.15, -0.1) is 0 Å². The van der Waals surface area contributed by atoms with Gasteiger partial charge < -0.3 is 15.0 Å². The maximum absolute atomic E-state index is 11.6. The summed E-state index contributed by atoms with van der Waals surface area (Å²) in [5, 5.41) is 3.32. The molecule has 1 saturated heterocycles. The third-order valence-electron chi connectivity index (χ3n) is 2.29. The first-order chi connectivity index (χ1) is 6.79. The highest BCUT2D eigenvalue weighted by molar-refractivity contribution is 5.87. The van der Waals surface area contributed by atoms with Gasteiger partial charge in [0.05, 0.1) is 12.1 Å². The van der Waals surface area contributed by atoms with Crippen molar-refractivity contribution < 1.29 is 9.53 Å². The van der Waals surface area contributed by atoms with Gasteiger partial charge in [0.2, 0.25) is 0 Å². The van der Waals surface area contributed by atoms with Gasteiger partial charge in [-0.1, -0.05) is 0 Å². The Morgan fingerprint density at radius 2 is 2.07 bits per heavy atom. The summed E-state index contributed by atoms with van der Waals surface area (Å²) in [4.78, 5) is 13.7. The van der Waals surface area contributed by atoms with E-state index in [4.69, 9.17) is 4.74 Å². The summed E-state index contributed by atoms with van der Waals surface area (Å²) in [5.74, 6) is 0.164. The fraction of sp³-hybridized carbons (Fsp3) is 0.909. The number of ether oxygens (including phenoxy) is 1. The second kappa shape index (κ2) is 4.60. The van der Waals surface area contributed by atoms with Gasteiger partial charge in [0.15, 0.2) is 5.78 Å². The minimum atomic E-state index is -0.160. The SMILES string of the molecule is CN(C)CC1OCC(=O)C1NC(C)(C)C. The molecule has 15 heavy (non-hydrogen) atoms. The molecule has 0 radical (unpaired) electrons. The molecule has 0 saturated carbocycles. The van der Waals surface area contributed by atoms with Gasteiger partial charge in [0, 0.05) is 12.1 Å². The van der Waals surface area contributed by atoms with E-state index in [2.05, 4.69) is 26.1 Å². The number of hydrogen-bond acceptors (Lipinski definition) is 4. The topological polar surface area (TPSA) is 41.6 Å². The summed E-state index contributed by atoms with van der Waals surface area (Å²) in [6, 6.07) is -0.160. The molecule has 0 aromatic heterocycles. The third kappa shape index (κ3) is 3.89. The summed E-state index contributed by atoms with van der Waals surface area (Å²) < 4.78 is 5.48. The lowest BCUT2D eigenvalue weighted by Crippen LogP contribution is -2.52. The number of carbonyl (C=O) groups is 1. The van der Waals surface area contributed by atoms with Crippen LogP contribution in [0.25, 0.3) is 0 Å². The summed E-state index contributed by atoms with van der Waals surface area (Å²) in [6.45, 7) is 7.20. The van der Waals surface area contributed by atoms with Crippen LogP contribution < -0.4 is 5.32 Å². The molecule has 4 heteroatoms. The quantitative estimate of drug-likeness (QED) is 0.732. The van der Waals surface area contributed by atoms with Crippen LogP contribution in [-0.2, 0) is 9.53 Å². The molecule has 1 heterocycles. The zero-order chi connectivity index (χ0) is 11.6. The molecule has 0 amide bonds. The Bertz CT molecular complexity index is 233. The van der Waals surface area contributed by atoms with Crippen molar-refractivity contribution in [1.82, 2.24) is 10.2 Å². The Hall–Kier alpha value is -0.450. The molecule has 0 bridgehead atoms. The largest absolute Gasteiger partial charge is 0.367 e. The number of Topliss-reactive ketones (excluding diaryl/α,β-unsaturated/α-hetero) is 1. The monoisotopic (exact) mass is 214 g/mol. The van der Waals surface area contributed by atoms with Crippen molar-refractivity contribution in [3.63, 3.8) is 0 Å². The standard InChI is InChI=1S/C11H22N2O2/c1-11(2,3)12-10-8(14)7-15-9(10)6-13(4)5/h9-10,12H,6-7H2,1-5H3. The Balaban J connectivity index is 2.61. The summed E-state index contributed by atoms with van der Waals surface area (Å²) in [7, 11) is 3.97. The molecule has 0 spiro atoms. The van der Waals surface area contributed by atoms with E-state index >= 15 is 0 Å². The van der Waals surface area contributed by atoms with Gasteiger partial charge >= 0.3 is 0 Å². The zero-order valence-corrected chi connectivity index (χ0v) is 10.3. The molecule has 1 aliphatic heterocycles. The lowest BCUT2D eigenvalue weighted by Gasteiger charge is -2.29. The molecule has 0 aromatic rings. The molecule has 0 aliphatic carbocycles. The second-order valence-electron chi connectivity index (χ2n) is 5.45. The molecule has 1 aliphatic rings. The fourth-order valence-corrected chi connectivity index (χ4v) is 1.74. The van der Waals surface area contributed by atoms with Crippen LogP contribution >= 0.6 is 0 Å². The molecule has 0 aromatic carbocycles. The molecule has 88 valence electrons. The smallest absolute Gasteiger partial charge is 0.178 e. The van der Waals surface area contributed by atoms with Crippen LogP contribution in [0.4, 0.5) is 0 Å². The molecule has 1 N–H and O–H groups in total. The zero-order valence-electron chi connectivity index (χ0n) is 10.3. The lowest BCUT2D eigenvalue weighted by atomic mass is 10.0. The van der Waals surface area contributed by atoms with E-state index in [1.165, 1.54) is 0 Å². The molecule has 4 nitrogen and oxygen atoms in total. The molecule has 1 fully saturated rings. The van der Waals surface area contributed by atoms with E-state index in [9.17, 15) is 4.79 Å². The normalized spacial score (nSPS) is 27.7. The third-order valence-corrected chi connectivity index (χ3v) is 2.29. The summed E-state index contributed by atoms with van der Waals surface area (Å²) >= 11 is 0. The van der Waals surface area contributed by atoms with Crippen LogP contribution in [0.1, 0.15) is 20.8 Å². The highest BCUT2D eigenvalue weighted by Gasteiger charge is 2.37. The van der Waals surface area contributed by atoms with Gasteiger partial charge in [-0.3, -0.25) is 4.79 Å².